The van der Waals surface area contributed by atoms with E-state index in [2.05, 4.69) is 30.6 Å². The van der Waals surface area contributed by atoms with E-state index in [0.29, 0.717) is 47.1 Å². The number of fused-ring (bicyclic) bond motifs is 1. The summed E-state index contributed by atoms with van der Waals surface area (Å²) >= 11 is 0. The fraction of sp³-hybridized carbons (Fsp3) is 0.571. The summed E-state index contributed by atoms with van der Waals surface area (Å²) in [6, 6.07) is 5.66. The zero-order valence-electron chi connectivity index (χ0n) is 22.5. The zero-order chi connectivity index (χ0) is 27.0. The summed E-state index contributed by atoms with van der Waals surface area (Å²) in [5.41, 5.74) is 9.62. The third-order valence-corrected chi connectivity index (χ3v) is 8.67. The van der Waals surface area contributed by atoms with Crippen molar-refractivity contribution in [2.24, 2.45) is 11.3 Å². The first-order chi connectivity index (χ1) is 18.9. The molecule has 2 saturated carbocycles. The Morgan fingerprint density at radius 3 is 2.74 bits per heavy atom. The number of β-amino-alcohol motifs (C(OH)–C–C–N with tert-alkyl or cyclic N) is 1. The van der Waals surface area contributed by atoms with Crippen molar-refractivity contribution >= 4 is 28.7 Å². The molecule has 1 spiro atoms. The number of hydrogen-bond donors (Lipinski definition) is 4. The number of nitrogens with one attached hydrogen (secondary N) is 2. The van der Waals surface area contributed by atoms with Crippen LogP contribution in [0.5, 0.6) is 5.75 Å². The van der Waals surface area contributed by atoms with Gasteiger partial charge in [0.2, 0.25) is 5.95 Å². The minimum atomic E-state index is -0.107. The zero-order valence-corrected chi connectivity index (χ0v) is 22.5. The summed E-state index contributed by atoms with van der Waals surface area (Å²) in [7, 11) is 1.61. The number of aliphatic hydroxyl groups excluding tert-OH is 1. The maximum absolute atomic E-state index is 13.0. The highest BCUT2D eigenvalue weighted by atomic mass is 16.5. The van der Waals surface area contributed by atoms with Gasteiger partial charge in [-0.25, -0.2) is 4.98 Å². The van der Waals surface area contributed by atoms with Gasteiger partial charge in [0.15, 0.2) is 5.82 Å². The number of piperidine rings is 1. The Morgan fingerprint density at radius 1 is 1.23 bits per heavy atom. The highest BCUT2D eigenvalue weighted by molar-refractivity contribution is 5.95. The number of likely N-dealkylation sites (tertiary alicyclic amines) is 1. The Hall–Kier alpha value is -3.44. The number of nitrogens with two attached hydrogens (primary N) is 1. The Morgan fingerprint density at radius 2 is 2.03 bits per heavy atom. The van der Waals surface area contributed by atoms with Crippen molar-refractivity contribution in [2.75, 3.05) is 50.9 Å². The first kappa shape index (κ1) is 25.8. The SMILES string of the molecule is COc1cc(C(=O)NC2CCN(CCO)CC2)ccc1Cn1ncc2nc(N)nc(NCC3CC4(CC4)C3)c21. The smallest absolute Gasteiger partial charge is 0.251 e. The summed E-state index contributed by atoms with van der Waals surface area (Å²) in [6.07, 6.45) is 8.81. The lowest BCUT2D eigenvalue weighted by Crippen LogP contribution is -2.45. The predicted molar refractivity (Wildman–Crippen MR) is 149 cm³/mol. The average molecular weight is 535 g/mol. The normalized spacial score (nSPS) is 19.2. The van der Waals surface area contributed by atoms with Crippen molar-refractivity contribution in [3.05, 3.63) is 35.5 Å². The van der Waals surface area contributed by atoms with Crippen LogP contribution in [0.4, 0.5) is 11.8 Å². The lowest BCUT2D eigenvalue weighted by atomic mass is 9.72. The van der Waals surface area contributed by atoms with Gasteiger partial charge in [0, 0.05) is 43.3 Å². The van der Waals surface area contributed by atoms with Crippen LogP contribution < -0.4 is 21.1 Å². The van der Waals surface area contributed by atoms with E-state index in [0.717, 1.165) is 43.6 Å². The Labute approximate surface area is 228 Å². The molecule has 0 atom stereocenters. The van der Waals surface area contributed by atoms with Crippen molar-refractivity contribution < 1.29 is 14.6 Å². The van der Waals surface area contributed by atoms with E-state index in [1.54, 1.807) is 19.4 Å². The van der Waals surface area contributed by atoms with Crippen LogP contribution in [0, 0.1) is 11.3 Å². The van der Waals surface area contributed by atoms with Gasteiger partial charge in [0.1, 0.15) is 16.8 Å². The number of anilines is 2. The second-order valence-electron chi connectivity index (χ2n) is 11.5. The van der Waals surface area contributed by atoms with E-state index in [9.17, 15) is 4.79 Å². The number of aromatic nitrogens is 4. The number of ether oxygens (including phenoxy) is 1. The maximum atomic E-state index is 13.0. The van der Waals surface area contributed by atoms with Crippen LogP contribution in [0.2, 0.25) is 0 Å². The molecule has 11 nitrogen and oxygen atoms in total. The fourth-order valence-corrected chi connectivity index (χ4v) is 6.28. The molecule has 11 heteroatoms. The summed E-state index contributed by atoms with van der Waals surface area (Å²) < 4.78 is 7.54. The van der Waals surface area contributed by atoms with Crippen LogP contribution >= 0.6 is 0 Å². The third-order valence-electron chi connectivity index (χ3n) is 8.67. The highest BCUT2D eigenvalue weighted by Gasteiger charge is 2.52. The first-order valence-corrected chi connectivity index (χ1v) is 14.0. The first-order valence-electron chi connectivity index (χ1n) is 14.0. The number of carbonyl (C=O) groups excluding carboxylic acids is 1. The molecule has 39 heavy (non-hydrogen) atoms. The highest BCUT2D eigenvalue weighted by Crippen LogP contribution is 2.63. The molecule has 0 bridgehead atoms. The average Bonchev–Trinajstić information content (AvgIpc) is 3.62. The topological polar surface area (TPSA) is 143 Å². The van der Waals surface area contributed by atoms with Crippen LogP contribution in [-0.4, -0.2) is 81.6 Å². The van der Waals surface area contributed by atoms with Crippen LogP contribution in [0.15, 0.2) is 24.4 Å². The van der Waals surface area contributed by atoms with E-state index < -0.39 is 0 Å². The standard InChI is InChI=1S/C28H38N8O3/c1-39-23-12-19(26(38)32-21-4-8-35(9-5-21)10-11-37)2-3-20(23)17-36-24-22(16-31-36)33-27(29)34-25(24)30-15-18-13-28(14-18)6-7-28/h2-3,12,16,18,21,37H,4-11,13-15,17H2,1H3,(H,32,38)(H3,29,30,33,34). The van der Waals surface area contributed by atoms with Crippen LogP contribution in [0.3, 0.4) is 0 Å². The molecule has 3 aromatic rings. The maximum Gasteiger partial charge on any atom is 0.251 e. The minimum absolute atomic E-state index is 0.107. The summed E-state index contributed by atoms with van der Waals surface area (Å²) in [5.74, 6) is 2.11. The molecule has 6 rings (SSSR count). The van der Waals surface area contributed by atoms with E-state index in [1.165, 1.54) is 25.7 Å². The Kier molecular flexibility index (Phi) is 7.03. The van der Waals surface area contributed by atoms with Gasteiger partial charge in [-0.2, -0.15) is 10.1 Å². The van der Waals surface area contributed by atoms with Crippen LogP contribution in [-0.2, 0) is 6.54 Å². The monoisotopic (exact) mass is 534 g/mol. The third kappa shape index (κ3) is 5.51. The number of benzene rings is 1. The lowest BCUT2D eigenvalue weighted by molar-refractivity contribution is 0.0902. The summed E-state index contributed by atoms with van der Waals surface area (Å²) in [5, 5.41) is 20.4. The Balaban J connectivity index is 1.15. The molecule has 0 unspecified atom stereocenters. The van der Waals surface area contributed by atoms with E-state index in [1.807, 2.05) is 16.8 Å². The molecule has 3 aliphatic rings. The molecule has 5 N–H and O–H groups in total. The number of aliphatic hydroxyl groups is 1. The minimum Gasteiger partial charge on any atom is -0.496 e. The van der Waals surface area contributed by atoms with Gasteiger partial charge >= 0.3 is 0 Å². The van der Waals surface area contributed by atoms with Crippen LogP contribution in [0.25, 0.3) is 11.0 Å². The number of nitrogen functional groups attached to an aromatic ring is 1. The van der Waals surface area contributed by atoms with Crippen molar-refractivity contribution in [1.29, 1.82) is 0 Å². The molecule has 208 valence electrons. The van der Waals surface area contributed by atoms with Gasteiger partial charge < -0.3 is 31.1 Å². The quantitative estimate of drug-likeness (QED) is 0.308. The molecule has 3 heterocycles. The molecule has 0 radical (unpaired) electrons. The molecular formula is C28H38N8O3. The van der Waals surface area contributed by atoms with Gasteiger partial charge in [0.05, 0.1) is 26.5 Å². The van der Waals surface area contributed by atoms with Crippen LogP contribution in [0.1, 0.15) is 54.4 Å². The van der Waals surface area contributed by atoms with Crippen molar-refractivity contribution in [2.45, 2.75) is 51.1 Å². The molecule has 3 fully saturated rings. The van der Waals surface area contributed by atoms with Crippen molar-refractivity contribution in [1.82, 2.24) is 30.0 Å². The number of amides is 1. The number of rotatable bonds is 10. The number of methoxy groups -OCH3 is 1. The molecule has 1 aromatic carbocycles. The molecule has 1 amide bonds. The molecule has 2 aromatic heterocycles. The summed E-state index contributed by atoms with van der Waals surface area (Å²) in [6.45, 7) is 3.90. The second kappa shape index (κ2) is 10.6. The van der Waals surface area contributed by atoms with Gasteiger partial charge in [0.25, 0.3) is 5.91 Å². The largest absolute Gasteiger partial charge is 0.496 e. The number of hydrogen-bond acceptors (Lipinski definition) is 9. The lowest BCUT2D eigenvalue weighted by Gasteiger charge is -2.36. The number of nitrogens with zero attached hydrogens (tertiary/aromatic N) is 5. The molecule has 1 aliphatic heterocycles. The van der Waals surface area contributed by atoms with Gasteiger partial charge in [-0.3, -0.25) is 9.48 Å². The van der Waals surface area contributed by atoms with E-state index in [-0.39, 0.29) is 24.5 Å². The fourth-order valence-electron chi connectivity index (χ4n) is 6.28. The number of carbonyl (C=O) groups is 1. The van der Waals surface area contributed by atoms with Crippen molar-refractivity contribution in [3.8, 4) is 5.75 Å². The van der Waals surface area contributed by atoms with Gasteiger partial charge in [-0.1, -0.05) is 6.07 Å². The summed E-state index contributed by atoms with van der Waals surface area (Å²) in [4.78, 5) is 24.1. The predicted octanol–water partition coefficient (Wildman–Crippen LogP) is 2.25. The van der Waals surface area contributed by atoms with Gasteiger partial charge in [-0.15, -0.1) is 0 Å². The second-order valence-corrected chi connectivity index (χ2v) is 11.5. The van der Waals surface area contributed by atoms with E-state index in [4.69, 9.17) is 15.6 Å². The van der Waals surface area contributed by atoms with Gasteiger partial charge in [-0.05, 0) is 62.0 Å². The molecule has 1 saturated heterocycles. The van der Waals surface area contributed by atoms with E-state index >= 15 is 0 Å². The molecule has 2 aliphatic carbocycles. The molecular weight excluding hydrogens is 496 g/mol. The Bertz CT molecular complexity index is 1340. The van der Waals surface area contributed by atoms with Crippen molar-refractivity contribution in [3.63, 3.8) is 0 Å².